The van der Waals surface area contributed by atoms with Crippen molar-refractivity contribution in [1.82, 2.24) is 20.0 Å². The lowest BCUT2D eigenvalue weighted by atomic mass is 10.2. The molecule has 0 radical (unpaired) electrons. The van der Waals surface area contributed by atoms with Gasteiger partial charge in [0, 0.05) is 45.1 Å². The van der Waals surface area contributed by atoms with E-state index in [1.54, 1.807) is 27.9 Å². The van der Waals surface area contributed by atoms with Crippen molar-refractivity contribution in [2.45, 2.75) is 6.54 Å². The molecule has 6 nitrogen and oxygen atoms in total. The first kappa shape index (κ1) is 15.3. The first-order chi connectivity index (χ1) is 11.1. The summed E-state index contributed by atoms with van der Waals surface area (Å²) in [6.45, 7) is 3.24. The van der Waals surface area contributed by atoms with Gasteiger partial charge in [0.1, 0.15) is 5.82 Å². The summed E-state index contributed by atoms with van der Waals surface area (Å²) in [6.07, 6.45) is 1.71. The van der Waals surface area contributed by atoms with Crippen LogP contribution in [-0.2, 0) is 13.6 Å². The normalized spacial score (nSPS) is 14.9. The summed E-state index contributed by atoms with van der Waals surface area (Å²) in [7, 11) is 1.85. The molecule has 1 aromatic heterocycles. The number of piperazine rings is 1. The zero-order valence-electron chi connectivity index (χ0n) is 13.1. The van der Waals surface area contributed by atoms with Gasteiger partial charge in [0.05, 0.1) is 12.2 Å². The van der Waals surface area contributed by atoms with Gasteiger partial charge in [0.25, 0.3) is 0 Å². The molecule has 2 aromatic rings. The van der Waals surface area contributed by atoms with Gasteiger partial charge < -0.3 is 15.1 Å². The maximum atomic E-state index is 13.0. The number of urea groups is 1. The van der Waals surface area contributed by atoms with Crippen molar-refractivity contribution < 1.29 is 9.18 Å². The Balaban J connectivity index is 1.49. The van der Waals surface area contributed by atoms with E-state index in [0.717, 1.165) is 24.5 Å². The minimum Gasteiger partial charge on any atom is -0.368 e. The van der Waals surface area contributed by atoms with Crippen molar-refractivity contribution in [3.05, 3.63) is 48.0 Å². The third-order valence-corrected chi connectivity index (χ3v) is 4.10. The Bertz CT molecular complexity index is 661. The lowest BCUT2D eigenvalue weighted by molar-refractivity contribution is 0.193. The van der Waals surface area contributed by atoms with Crippen molar-refractivity contribution in [2.75, 3.05) is 31.1 Å². The van der Waals surface area contributed by atoms with Crippen LogP contribution in [0.3, 0.4) is 0 Å². The van der Waals surface area contributed by atoms with Crippen LogP contribution in [0.4, 0.5) is 14.9 Å². The molecule has 2 amide bonds. The second-order valence-electron chi connectivity index (χ2n) is 5.56. The molecule has 3 rings (SSSR count). The molecule has 1 saturated heterocycles. The standard InChI is InChI=1S/C16H20FN5O/c1-20-15(6-7-19-20)12-18-16(23)22-10-8-21(9-11-22)14-4-2-13(17)3-5-14/h2-7H,8-12H2,1H3,(H,18,23). The highest BCUT2D eigenvalue weighted by Crippen LogP contribution is 2.16. The van der Waals surface area contributed by atoms with E-state index in [-0.39, 0.29) is 11.8 Å². The molecule has 2 heterocycles. The summed E-state index contributed by atoms with van der Waals surface area (Å²) < 4.78 is 14.7. The van der Waals surface area contributed by atoms with E-state index in [1.165, 1.54) is 12.1 Å². The Morgan fingerprint density at radius 1 is 1.17 bits per heavy atom. The Hall–Kier alpha value is -2.57. The zero-order chi connectivity index (χ0) is 16.2. The number of benzene rings is 1. The Labute approximate surface area is 134 Å². The predicted octanol–water partition coefficient (Wildman–Crippen LogP) is 1.59. The van der Waals surface area contributed by atoms with E-state index in [1.807, 2.05) is 13.1 Å². The van der Waals surface area contributed by atoms with Gasteiger partial charge in [-0.05, 0) is 30.3 Å². The van der Waals surface area contributed by atoms with Crippen molar-refractivity contribution >= 4 is 11.7 Å². The van der Waals surface area contributed by atoms with E-state index in [2.05, 4.69) is 15.3 Å². The SMILES string of the molecule is Cn1nccc1CNC(=O)N1CCN(c2ccc(F)cc2)CC1. The first-order valence-corrected chi connectivity index (χ1v) is 7.63. The molecular weight excluding hydrogens is 297 g/mol. The van der Waals surface area contributed by atoms with E-state index in [9.17, 15) is 9.18 Å². The number of hydrogen-bond donors (Lipinski definition) is 1. The first-order valence-electron chi connectivity index (χ1n) is 7.63. The van der Waals surface area contributed by atoms with Crippen LogP contribution < -0.4 is 10.2 Å². The quantitative estimate of drug-likeness (QED) is 0.935. The number of nitrogens with zero attached hydrogens (tertiary/aromatic N) is 4. The summed E-state index contributed by atoms with van der Waals surface area (Å²) in [5.74, 6) is -0.234. The van der Waals surface area contributed by atoms with Crippen LogP contribution >= 0.6 is 0 Å². The lowest BCUT2D eigenvalue weighted by Crippen LogP contribution is -2.51. The lowest BCUT2D eigenvalue weighted by Gasteiger charge is -2.36. The van der Waals surface area contributed by atoms with Crippen molar-refractivity contribution in [2.24, 2.45) is 7.05 Å². The van der Waals surface area contributed by atoms with Crippen LogP contribution in [0.5, 0.6) is 0 Å². The number of hydrogen-bond acceptors (Lipinski definition) is 3. The van der Waals surface area contributed by atoms with Gasteiger partial charge in [-0.3, -0.25) is 4.68 Å². The monoisotopic (exact) mass is 317 g/mol. The average Bonchev–Trinajstić information content (AvgIpc) is 2.99. The van der Waals surface area contributed by atoms with Gasteiger partial charge in [0.2, 0.25) is 0 Å². The minimum absolute atomic E-state index is 0.0649. The predicted molar refractivity (Wildman–Crippen MR) is 85.6 cm³/mol. The zero-order valence-corrected chi connectivity index (χ0v) is 13.1. The Morgan fingerprint density at radius 3 is 2.48 bits per heavy atom. The van der Waals surface area contributed by atoms with Crippen LogP contribution in [0.2, 0.25) is 0 Å². The Kier molecular flexibility index (Phi) is 4.45. The van der Waals surface area contributed by atoms with Gasteiger partial charge in [-0.15, -0.1) is 0 Å². The molecule has 0 unspecified atom stereocenters. The highest BCUT2D eigenvalue weighted by Gasteiger charge is 2.21. The van der Waals surface area contributed by atoms with Crippen LogP contribution in [0, 0.1) is 5.82 Å². The molecule has 7 heteroatoms. The largest absolute Gasteiger partial charge is 0.368 e. The van der Waals surface area contributed by atoms with Gasteiger partial charge >= 0.3 is 6.03 Å². The van der Waals surface area contributed by atoms with Gasteiger partial charge in [0.15, 0.2) is 0 Å². The number of rotatable bonds is 3. The fraction of sp³-hybridized carbons (Fsp3) is 0.375. The molecule has 1 aliphatic heterocycles. The van der Waals surface area contributed by atoms with Gasteiger partial charge in [-0.25, -0.2) is 9.18 Å². The third-order valence-electron chi connectivity index (χ3n) is 4.10. The molecule has 0 spiro atoms. The topological polar surface area (TPSA) is 53.4 Å². The fourth-order valence-corrected chi connectivity index (χ4v) is 2.67. The molecule has 0 bridgehead atoms. The van der Waals surface area contributed by atoms with Gasteiger partial charge in [-0.2, -0.15) is 5.10 Å². The molecule has 1 aliphatic rings. The van der Waals surface area contributed by atoms with E-state index < -0.39 is 0 Å². The third kappa shape index (κ3) is 3.61. The van der Waals surface area contributed by atoms with Crippen LogP contribution in [-0.4, -0.2) is 46.9 Å². The molecule has 23 heavy (non-hydrogen) atoms. The average molecular weight is 317 g/mol. The van der Waals surface area contributed by atoms with E-state index >= 15 is 0 Å². The van der Waals surface area contributed by atoms with Crippen molar-refractivity contribution in [1.29, 1.82) is 0 Å². The second kappa shape index (κ2) is 6.68. The number of carbonyl (C=O) groups is 1. The highest BCUT2D eigenvalue weighted by molar-refractivity contribution is 5.74. The number of halogens is 1. The number of amides is 2. The summed E-state index contributed by atoms with van der Waals surface area (Å²) in [5.41, 5.74) is 1.95. The van der Waals surface area contributed by atoms with Crippen molar-refractivity contribution in [3.63, 3.8) is 0 Å². The van der Waals surface area contributed by atoms with Gasteiger partial charge in [-0.1, -0.05) is 0 Å². The van der Waals surface area contributed by atoms with Crippen LogP contribution in [0.15, 0.2) is 36.5 Å². The highest BCUT2D eigenvalue weighted by atomic mass is 19.1. The molecule has 1 aromatic carbocycles. The van der Waals surface area contributed by atoms with Crippen LogP contribution in [0.25, 0.3) is 0 Å². The summed E-state index contributed by atoms with van der Waals surface area (Å²) in [4.78, 5) is 16.2. The number of anilines is 1. The number of carbonyl (C=O) groups excluding carboxylic acids is 1. The Morgan fingerprint density at radius 2 is 1.87 bits per heavy atom. The second-order valence-corrected chi connectivity index (χ2v) is 5.56. The van der Waals surface area contributed by atoms with Crippen LogP contribution in [0.1, 0.15) is 5.69 Å². The summed E-state index contributed by atoms with van der Waals surface area (Å²) in [5, 5.41) is 6.99. The fourth-order valence-electron chi connectivity index (χ4n) is 2.67. The summed E-state index contributed by atoms with van der Waals surface area (Å²) in [6, 6.07) is 8.28. The summed E-state index contributed by atoms with van der Waals surface area (Å²) >= 11 is 0. The maximum absolute atomic E-state index is 13.0. The molecule has 0 saturated carbocycles. The smallest absolute Gasteiger partial charge is 0.317 e. The molecular formula is C16H20FN5O. The molecule has 0 aliphatic carbocycles. The molecule has 1 fully saturated rings. The van der Waals surface area contributed by atoms with Crippen molar-refractivity contribution in [3.8, 4) is 0 Å². The number of aromatic nitrogens is 2. The number of aryl methyl sites for hydroxylation is 1. The molecule has 0 atom stereocenters. The minimum atomic E-state index is -0.234. The molecule has 122 valence electrons. The van der Waals surface area contributed by atoms with E-state index in [4.69, 9.17) is 0 Å². The maximum Gasteiger partial charge on any atom is 0.317 e. The molecule has 1 N–H and O–H groups in total. The number of nitrogens with one attached hydrogen (secondary N) is 1. The van der Waals surface area contributed by atoms with E-state index in [0.29, 0.717) is 19.6 Å².